The molecule has 1 aliphatic heterocycles. The van der Waals surface area contributed by atoms with E-state index >= 15 is 0 Å². The van der Waals surface area contributed by atoms with Crippen LogP contribution in [0.25, 0.3) is 0 Å². The van der Waals surface area contributed by atoms with Crippen LogP contribution in [0.15, 0.2) is 42.5 Å². The highest BCUT2D eigenvalue weighted by Gasteiger charge is 2.31. The number of ether oxygens (including phenoxy) is 5. The fourth-order valence-corrected chi connectivity index (χ4v) is 2.80. The van der Waals surface area contributed by atoms with Crippen molar-refractivity contribution in [3.05, 3.63) is 53.6 Å². The molecule has 0 spiro atoms. The Kier molecular flexibility index (Phi) is 5.75. The lowest BCUT2D eigenvalue weighted by Gasteiger charge is -2.31. The molecule has 2 atom stereocenters. The Balaban J connectivity index is 1.73. The Morgan fingerprint density at radius 1 is 0.960 bits per heavy atom. The van der Waals surface area contributed by atoms with E-state index in [1.165, 1.54) is 0 Å². The Bertz CT molecular complexity index is 685. The minimum atomic E-state index is -0.647. The first kappa shape index (κ1) is 17.5. The van der Waals surface area contributed by atoms with Gasteiger partial charge in [-0.1, -0.05) is 12.1 Å². The molecule has 0 aromatic heterocycles. The van der Waals surface area contributed by atoms with Gasteiger partial charge < -0.3 is 28.8 Å². The van der Waals surface area contributed by atoms with Crippen LogP contribution in [0.5, 0.6) is 17.2 Å². The van der Waals surface area contributed by atoms with E-state index in [0.717, 1.165) is 16.9 Å². The summed E-state index contributed by atoms with van der Waals surface area (Å²) in [6, 6.07) is 13.0. The fraction of sp³-hybridized carbons (Fsp3) is 0.368. The van der Waals surface area contributed by atoms with E-state index in [0.29, 0.717) is 18.1 Å². The largest absolute Gasteiger partial charge is 0.492 e. The zero-order valence-electron chi connectivity index (χ0n) is 14.3. The molecule has 0 bridgehead atoms. The normalized spacial score (nSPS) is 19.0. The zero-order chi connectivity index (χ0) is 17.6. The molecule has 0 radical (unpaired) electrons. The molecule has 0 aliphatic carbocycles. The van der Waals surface area contributed by atoms with Crippen LogP contribution in [-0.4, -0.2) is 39.5 Å². The summed E-state index contributed by atoms with van der Waals surface area (Å²) < 4.78 is 26.4. The molecule has 3 rings (SSSR count). The first-order valence-electron chi connectivity index (χ1n) is 8.01. The molecule has 0 fully saturated rings. The lowest BCUT2D eigenvalue weighted by atomic mass is 9.87. The molecule has 1 N–H and O–H groups in total. The average Bonchev–Trinajstić information content (AvgIpc) is 2.65. The van der Waals surface area contributed by atoms with Crippen molar-refractivity contribution in [2.24, 2.45) is 0 Å². The molecule has 0 saturated heterocycles. The van der Waals surface area contributed by atoms with Crippen LogP contribution >= 0.6 is 0 Å². The lowest BCUT2D eigenvalue weighted by molar-refractivity contribution is 0.0500. The second kappa shape index (κ2) is 8.20. The second-order valence-corrected chi connectivity index (χ2v) is 5.73. The number of fused-ring (bicyclic) bond motifs is 1. The molecule has 0 saturated carbocycles. The van der Waals surface area contributed by atoms with Crippen molar-refractivity contribution in [1.82, 2.24) is 0 Å². The maximum absolute atomic E-state index is 10.8. The molecule has 134 valence electrons. The molecule has 2 aromatic rings. The first-order valence-corrected chi connectivity index (χ1v) is 8.01. The molecule has 25 heavy (non-hydrogen) atoms. The summed E-state index contributed by atoms with van der Waals surface area (Å²) in [5.41, 5.74) is 1.74. The van der Waals surface area contributed by atoms with Crippen LogP contribution in [0.2, 0.25) is 0 Å². The molecular weight excluding hydrogens is 324 g/mol. The minimum absolute atomic E-state index is 0.144. The van der Waals surface area contributed by atoms with E-state index in [-0.39, 0.29) is 19.5 Å². The van der Waals surface area contributed by atoms with Gasteiger partial charge in [0.25, 0.3) is 0 Å². The third kappa shape index (κ3) is 4.04. The Morgan fingerprint density at radius 3 is 2.28 bits per heavy atom. The minimum Gasteiger partial charge on any atom is -0.492 e. The van der Waals surface area contributed by atoms with Crippen LogP contribution in [0, 0.1) is 0 Å². The summed E-state index contributed by atoms with van der Waals surface area (Å²) >= 11 is 0. The summed E-state index contributed by atoms with van der Waals surface area (Å²) in [4.78, 5) is 0. The van der Waals surface area contributed by atoms with Crippen molar-refractivity contribution in [2.45, 2.75) is 12.0 Å². The number of hydrogen-bond acceptors (Lipinski definition) is 6. The van der Waals surface area contributed by atoms with Gasteiger partial charge in [-0.2, -0.15) is 0 Å². The fourth-order valence-electron chi connectivity index (χ4n) is 2.80. The van der Waals surface area contributed by atoms with Gasteiger partial charge >= 0.3 is 0 Å². The van der Waals surface area contributed by atoms with E-state index in [2.05, 4.69) is 0 Å². The van der Waals surface area contributed by atoms with Crippen molar-refractivity contribution >= 4 is 0 Å². The molecule has 0 amide bonds. The van der Waals surface area contributed by atoms with Crippen molar-refractivity contribution in [3.8, 4) is 17.2 Å². The highest BCUT2D eigenvalue weighted by molar-refractivity contribution is 5.45. The van der Waals surface area contributed by atoms with E-state index in [9.17, 15) is 5.11 Å². The molecule has 1 heterocycles. The molecular formula is C19H22O6. The molecule has 6 heteroatoms. The summed E-state index contributed by atoms with van der Waals surface area (Å²) in [7, 11) is 3.14. The maximum Gasteiger partial charge on any atom is 0.188 e. The number of hydrogen-bond donors (Lipinski definition) is 1. The molecule has 6 nitrogen and oxygen atoms in total. The van der Waals surface area contributed by atoms with Crippen molar-refractivity contribution in [2.75, 3.05) is 34.4 Å². The summed E-state index contributed by atoms with van der Waals surface area (Å²) in [5.74, 6) is 1.86. The van der Waals surface area contributed by atoms with Crippen LogP contribution in [-0.2, 0) is 9.47 Å². The molecule has 1 aliphatic rings. The quantitative estimate of drug-likeness (QED) is 0.778. The average molecular weight is 346 g/mol. The predicted molar refractivity (Wildman–Crippen MR) is 91.1 cm³/mol. The Hall–Kier alpha value is -2.28. The Morgan fingerprint density at radius 2 is 1.60 bits per heavy atom. The molecule has 2 aromatic carbocycles. The Labute approximate surface area is 146 Å². The van der Waals surface area contributed by atoms with Gasteiger partial charge in [0.1, 0.15) is 17.2 Å². The van der Waals surface area contributed by atoms with Crippen LogP contribution < -0.4 is 14.2 Å². The number of rotatable bonds is 7. The highest BCUT2D eigenvalue weighted by atomic mass is 16.7. The standard InChI is InChI=1S/C19H22O6/c1-21-11-24-14-5-3-13(4-6-14)17-10-23-18-9-15(25-12-22-2)7-8-16(18)19(17)20/h3-9,17,19-20H,10-12H2,1-2H3/t17-,19-/m0/s1. The van der Waals surface area contributed by atoms with Crippen LogP contribution in [0.4, 0.5) is 0 Å². The maximum atomic E-state index is 10.8. The smallest absolute Gasteiger partial charge is 0.188 e. The van der Waals surface area contributed by atoms with Crippen LogP contribution in [0.3, 0.4) is 0 Å². The lowest BCUT2D eigenvalue weighted by Crippen LogP contribution is -2.24. The van der Waals surface area contributed by atoms with Crippen molar-refractivity contribution < 1.29 is 28.8 Å². The first-order chi connectivity index (χ1) is 12.2. The zero-order valence-corrected chi connectivity index (χ0v) is 14.3. The summed E-state index contributed by atoms with van der Waals surface area (Å²) in [6.07, 6.45) is -0.647. The third-order valence-electron chi connectivity index (χ3n) is 4.10. The molecule has 0 unspecified atom stereocenters. The predicted octanol–water partition coefficient (Wildman–Crippen LogP) is 2.86. The summed E-state index contributed by atoms with van der Waals surface area (Å²) in [5, 5.41) is 10.8. The third-order valence-corrected chi connectivity index (χ3v) is 4.10. The van der Waals surface area contributed by atoms with Crippen molar-refractivity contribution in [1.29, 1.82) is 0 Å². The van der Waals surface area contributed by atoms with E-state index in [4.69, 9.17) is 23.7 Å². The van der Waals surface area contributed by atoms with Gasteiger partial charge in [0, 0.05) is 31.8 Å². The topological polar surface area (TPSA) is 66.4 Å². The van der Waals surface area contributed by atoms with E-state index in [1.807, 2.05) is 30.3 Å². The number of methoxy groups -OCH3 is 2. The number of aliphatic hydroxyl groups is 1. The van der Waals surface area contributed by atoms with E-state index in [1.54, 1.807) is 26.4 Å². The van der Waals surface area contributed by atoms with Gasteiger partial charge in [-0.05, 0) is 29.8 Å². The van der Waals surface area contributed by atoms with Gasteiger partial charge in [0.05, 0.1) is 12.7 Å². The van der Waals surface area contributed by atoms with Crippen LogP contribution in [0.1, 0.15) is 23.1 Å². The number of aliphatic hydroxyl groups excluding tert-OH is 1. The monoisotopic (exact) mass is 346 g/mol. The van der Waals surface area contributed by atoms with E-state index < -0.39 is 6.10 Å². The second-order valence-electron chi connectivity index (χ2n) is 5.73. The van der Waals surface area contributed by atoms with Gasteiger partial charge in [0.2, 0.25) is 0 Å². The summed E-state index contributed by atoms with van der Waals surface area (Å²) in [6.45, 7) is 0.761. The van der Waals surface area contributed by atoms with Gasteiger partial charge in [-0.15, -0.1) is 0 Å². The van der Waals surface area contributed by atoms with Gasteiger partial charge in [-0.25, -0.2) is 0 Å². The SMILES string of the molecule is COCOc1ccc([C@@H]2COc3cc(OCOC)ccc3[C@@H]2O)cc1. The van der Waals surface area contributed by atoms with Gasteiger partial charge in [0.15, 0.2) is 13.6 Å². The van der Waals surface area contributed by atoms with Gasteiger partial charge in [-0.3, -0.25) is 0 Å². The van der Waals surface area contributed by atoms with Crippen molar-refractivity contribution in [3.63, 3.8) is 0 Å². The highest BCUT2D eigenvalue weighted by Crippen LogP contribution is 2.42. The number of benzene rings is 2.